The van der Waals surface area contributed by atoms with Crippen LogP contribution in [-0.2, 0) is 0 Å². The monoisotopic (exact) mass is 393 g/mol. The van der Waals surface area contributed by atoms with Crippen molar-refractivity contribution in [3.05, 3.63) is 70.3 Å². The molecule has 0 radical (unpaired) electrons. The largest absolute Gasteiger partial charge is 0.339 e. The molecule has 0 aliphatic heterocycles. The van der Waals surface area contributed by atoms with Crippen LogP contribution in [0.2, 0.25) is 5.02 Å². The van der Waals surface area contributed by atoms with Gasteiger partial charge < -0.3 is 5.32 Å². The van der Waals surface area contributed by atoms with Crippen molar-refractivity contribution in [2.75, 3.05) is 5.32 Å². The third-order valence-corrected chi connectivity index (χ3v) is 6.08. The molecule has 4 aromatic rings. The number of hydrogen-bond donors (Lipinski definition) is 1. The van der Waals surface area contributed by atoms with Gasteiger partial charge in [0.2, 0.25) is 0 Å². The van der Waals surface area contributed by atoms with Crippen LogP contribution in [0.15, 0.2) is 54.2 Å². The standard InChI is InChI=1S/C22H20ClN3S/c1-13(2)15-7-9-16(10-8-15)17-11-27-22-20(17)21(24-12-25-22)26-19-6-4-5-18(23)14(19)3/h4-13H,1-3H3,(H,24,25,26). The number of hydrogen-bond acceptors (Lipinski definition) is 4. The molecule has 3 nitrogen and oxygen atoms in total. The highest BCUT2D eigenvalue weighted by Gasteiger charge is 2.14. The molecule has 2 heterocycles. The second kappa shape index (κ2) is 7.29. The minimum Gasteiger partial charge on any atom is -0.339 e. The molecule has 0 aliphatic carbocycles. The molecule has 0 saturated carbocycles. The SMILES string of the molecule is Cc1c(Cl)cccc1Nc1ncnc2scc(-c3ccc(C(C)C)cc3)c12. The zero-order chi connectivity index (χ0) is 19.0. The predicted octanol–water partition coefficient (Wildman–Crippen LogP) is 7.19. The van der Waals surface area contributed by atoms with Crippen molar-refractivity contribution >= 4 is 44.7 Å². The highest BCUT2D eigenvalue weighted by molar-refractivity contribution is 7.17. The number of halogens is 1. The summed E-state index contributed by atoms with van der Waals surface area (Å²) in [6, 6.07) is 14.6. The zero-order valence-corrected chi connectivity index (χ0v) is 17.0. The summed E-state index contributed by atoms with van der Waals surface area (Å²) in [5, 5.41) is 7.38. The van der Waals surface area contributed by atoms with Crippen LogP contribution in [0.3, 0.4) is 0 Å². The lowest BCUT2D eigenvalue weighted by Gasteiger charge is -2.12. The summed E-state index contributed by atoms with van der Waals surface area (Å²) in [7, 11) is 0. The van der Waals surface area contributed by atoms with Gasteiger partial charge in [-0.1, -0.05) is 55.8 Å². The van der Waals surface area contributed by atoms with Crippen molar-refractivity contribution in [3.63, 3.8) is 0 Å². The van der Waals surface area contributed by atoms with Gasteiger partial charge in [0.1, 0.15) is 17.0 Å². The number of thiophene rings is 1. The van der Waals surface area contributed by atoms with Crippen LogP contribution in [0.25, 0.3) is 21.3 Å². The van der Waals surface area contributed by atoms with Crippen LogP contribution in [0.4, 0.5) is 11.5 Å². The topological polar surface area (TPSA) is 37.8 Å². The number of anilines is 2. The lowest BCUT2D eigenvalue weighted by molar-refractivity contribution is 0.867. The smallest absolute Gasteiger partial charge is 0.143 e. The van der Waals surface area contributed by atoms with Gasteiger partial charge in [-0.3, -0.25) is 0 Å². The van der Waals surface area contributed by atoms with Crippen LogP contribution in [0.5, 0.6) is 0 Å². The minimum atomic E-state index is 0.518. The Hall–Kier alpha value is -2.43. The van der Waals surface area contributed by atoms with E-state index in [0.717, 1.165) is 37.9 Å². The molecule has 0 unspecified atom stereocenters. The van der Waals surface area contributed by atoms with E-state index in [1.807, 2.05) is 25.1 Å². The van der Waals surface area contributed by atoms with Gasteiger partial charge >= 0.3 is 0 Å². The molecule has 0 saturated heterocycles. The van der Waals surface area contributed by atoms with Crippen molar-refractivity contribution in [1.82, 2.24) is 9.97 Å². The maximum atomic E-state index is 6.27. The molecule has 5 heteroatoms. The molecule has 0 bridgehead atoms. The maximum absolute atomic E-state index is 6.27. The Bertz CT molecular complexity index is 1100. The molecule has 0 fully saturated rings. The van der Waals surface area contributed by atoms with E-state index < -0.39 is 0 Å². The van der Waals surface area contributed by atoms with Crippen molar-refractivity contribution in [1.29, 1.82) is 0 Å². The number of nitrogens with zero attached hydrogens (tertiary/aromatic N) is 2. The Kier molecular flexibility index (Phi) is 4.85. The van der Waals surface area contributed by atoms with E-state index >= 15 is 0 Å². The summed E-state index contributed by atoms with van der Waals surface area (Å²) in [5.41, 5.74) is 5.61. The Morgan fingerprint density at radius 3 is 2.56 bits per heavy atom. The molecule has 2 aromatic carbocycles. The summed E-state index contributed by atoms with van der Waals surface area (Å²) < 4.78 is 0. The second-order valence-corrected chi connectivity index (χ2v) is 8.13. The van der Waals surface area contributed by atoms with Crippen LogP contribution in [0, 0.1) is 6.92 Å². The van der Waals surface area contributed by atoms with Crippen LogP contribution in [0.1, 0.15) is 30.9 Å². The number of aromatic nitrogens is 2. The summed E-state index contributed by atoms with van der Waals surface area (Å²) in [4.78, 5) is 9.94. The third-order valence-electron chi connectivity index (χ3n) is 4.78. The zero-order valence-electron chi connectivity index (χ0n) is 15.5. The molecule has 0 amide bonds. The molecule has 2 aromatic heterocycles. The molecular weight excluding hydrogens is 374 g/mol. The highest BCUT2D eigenvalue weighted by Crippen LogP contribution is 2.38. The van der Waals surface area contributed by atoms with Crippen LogP contribution in [-0.4, -0.2) is 9.97 Å². The van der Waals surface area contributed by atoms with Gasteiger partial charge in [0.15, 0.2) is 0 Å². The normalized spacial score (nSPS) is 11.3. The predicted molar refractivity (Wildman–Crippen MR) is 116 cm³/mol. The van der Waals surface area contributed by atoms with Gasteiger partial charge in [0, 0.05) is 21.7 Å². The van der Waals surface area contributed by atoms with E-state index in [1.54, 1.807) is 17.7 Å². The summed E-state index contributed by atoms with van der Waals surface area (Å²) in [6.45, 7) is 6.42. The van der Waals surface area contributed by atoms with Gasteiger partial charge in [-0.25, -0.2) is 9.97 Å². The van der Waals surface area contributed by atoms with Crippen LogP contribution < -0.4 is 5.32 Å². The van der Waals surface area contributed by atoms with E-state index in [1.165, 1.54) is 11.1 Å². The molecule has 27 heavy (non-hydrogen) atoms. The number of fused-ring (bicyclic) bond motifs is 1. The molecule has 4 rings (SSSR count). The molecule has 1 N–H and O–H groups in total. The first kappa shape index (κ1) is 18.0. The lowest BCUT2D eigenvalue weighted by atomic mass is 9.99. The fraction of sp³-hybridized carbons (Fsp3) is 0.182. The molecule has 0 spiro atoms. The van der Waals surface area contributed by atoms with E-state index in [4.69, 9.17) is 11.6 Å². The molecular formula is C22H20ClN3S. The summed E-state index contributed by atoms with van der Waals surface area (Å²) in [5.74, 6) is 1.32. The Balaban J connectivity index is 1.81. The number of benzene rings is 2. The fourth-order valence-corrected chi connectivity index (χ4v) is 4.19. The first-order valence-electron chi connectivity index (χ1n) is 8.89. The average molecular weight is 394 g/mol. The van der Waals surface area contributed by atoms with Gasteiger partial charge in [0.25, 0.3) is 0 Å². The van der Waals surface area contributed by atoms with E-state index in [9.17, 15) is 0 Å². The van der Waals surface area contributed by atoms with E-state index in [0.29, 0.717) is 5.92 Å². The van der Waals surface area contributed by atoms with Crippen molar-refractivity contribution in [3.8, 4) is 11.1 Å². The van der Waals surface area contributed by atoms with E-state index in [-0.39, 0.29) is 0 Å². The van der Waals surface area contributed by atoms with Gasteiger partial charge in [0.05, 0.1) is 5.39 Å². The van der Waals surface area contributed by atoms with E-state index in [2.05, 4.69) is 58.8 Å². The average Bonchev–Trinajstić information content (AvgIpc) is 3.11. The van der Waals surface area contributed by atoms with Crippen molar-refractivity contribution < 1.29 is 0 Å². The molecule has 0 atom stereocenters. The number of rotatable bonds is 4. The quantitative estimate of drug-likeness (QED) is 0.398. The van der Waals surface area contributed by atoms with Crippen molar-refractivity contribution in [2.24, 2.45) is 0 Å². The highest BCUT2D eigenvalue weighted by atomic mass is 35.5. The Morgan fingerprint density at radius 2 is 1.81 bits per heavy atom. The Labute approximate surface area is 168 Å². The number of nitrogens with one attached hydrogen (secondary N) is 1. The first-order valence-corrected chi connectivity index (χ1v) is 10.1. The maximum Gasteiger partial charge on any atom is 0.143 e. The second-order valence-electron chi connectivity index (χ2n) is 6.87. The first-order chi connectivity index (χ1) is 13.0. The van der Waals surface area contributed by atoms with Crippen molar-refractivity contribution in [2.45, 2.75) is 26.7 Å². The molecule has 0 aliphatic rings. The summed E-state index contributed by atoms with van der Waals surface area (Å²) >= 11 is 7.91. The van der Waals surface area contributed by atoms with Gasteiger partial charge in [-0.2, -0.15) is 0 Å². The minimum absolute atomic E-state index is 0.518. The lowest BCUT2D eigenvalue weighted by Crippen LogP contribution is -1.97. The summed E-state index contributed by atoms with van der Waals surface area (Å²) in [6.07, 6.45) is 1.60. The Morgan fingerprint density at radius 1 is 1.04 bits per heavy atom. The molecule has 136 valence electrons. The van der Waals surface area contributed by atoms with Crippen LogP contribution >= 0.6 is 22.9 Å². The van der Waals surface area contributed by atoms with Gasteiger partial charge in [-0.05, 0) is 41.7 Å². The fourth-order valence-electron chi connectivity index (χ4n) is 3.10. The van der Waals surface area contributed by atoms with Gasteiger partial charge in [-0.15, -0.1) is 11.3 Å². The third kappa shape index (κ3) is 3.43.